The van der Waals surface area contributed by atoms with Gasteiger partial charge in [-0.15, -0.1) is 0 Å². The van der Waals surface area contributed by atoms with Gasteiger partial charge < -0.3 is 10.1 Å². The van der Waals surface area contributed by atoms with Crippen molar-refractivity contribution >= 4 is 5.82 Å². The molecule has 1 heterocycles. The van der Waals surface area contributed by atoms with Gasteiger partial charge in [0.1, 0.15) is 0 Å². The third-order valence-corrected chi connectivity index (χ3v) is 0.997. The van der Waals surface area contributed by atoms with Gasteiger partial charge in [0.05, 0.1) is 0 Å². The second-order valence-corrected chi connectivity index (χ2v) is 1.69. The molecule has 0 aromatic carbocycles. The van der Waals surface area contributed by atoms with Crippen LogP contribution < -0.4 is 4.94 Å². The molecule has 6 heteroatoms. The molecular weight excluding hydrogens is 155 g/mol. The summed E-state index contributed by atoms with van der Waals surface area (Å²) in [5.41, 5.74) is 0. The molecule has 0 atom stereocenters. The fourth-order valence-electron chi connectivity index (χ4n) is 0.526. The van der Waals surface area contributed by atoms with Crippen LogP contribution in [0.2, 0.25) is 0 Å². The highest BCUT2D eigenvalue weighted by Crippen LogP contribution is 2.13. The van der Waals surface area contributed by atoms with Gasteiger partial charge in [-0.3, -0.25) is 4.94 Å². The number of nitrogens with zero attached hydrogens (tertiary/aromatic N) is 2. The molecule has 0 amide bonds. The third kappa shape index (κ3) is 1.60. The molecule has 0 saturated heterocycles. The van der Waals surface area contributed by atoms with E-state index in [2.05, 4.69) is 9.93 Å². The number of aromatic nitrogens is 1. The van der Waals surface area contributed by atoms with Gasteiger partial charge in [-0.2, -0.15) is 0 Å². The molecule has 11 heavy (non-hydrogen) atoms. The number of hydrogen-bond donors (Lipinski definition) is 0. The molecule has 0 unspecified atom stereocenters. The molecule has 5 nitrogen and oxygen atoms in total. The molecule has 0 spiro atoms. The van der Waals surface area contributed by atoms with Gasteiger partial charge in [0, 0.05) is 10.6 Å². The van der Waals surface area contributed by atoms with Crippen molar-refractivity contribution in [1.29, 1.82) is 0 Å². The van der Waals surface area contributed by atoms with Gasteiger partial charge >= 0.3 is 5.82 Å². The second kappa shape index (κ2) is 2.91. The highest BCUT2D eigenvalue weighted by molar-refractivity contribution is 5.26. The summed E-state index contributed by atoms with van der Waals surface area (Å²) in [6.07, 6.45) is 0.929. The first kappa shape index (κ1) is 7.39. The highest BCUT2D eigenvalue weighted by atomic mass is 19.3. The lowest BCUT2D eigenvalue weighted by Gasteiger charge is -1.90. The van der Waals surface area contributed by atoms with Gasteiger partial charge in [-0.25, -0.2) is 0 Å². The van der Waals surface area contributed by atoms with Crippen molar-refractivity contribution in [3.63, 3.8) is 0 Å². The molecule has 1 aromatic rings. The molecule has 1 rings (SSSR count). The van der Waals surface area contributed by atoms with Crippen LogP contribution in [0.4, 0.5) is 10.3 Å². The SMILES string of the molecule is O=[N+]([O-])c1ccc(OF)cn1. The van der Waals surface area contributed by atoms with Gasteiger partial charge in [0.25, 0.3) is 0 Å². The quantitative estimate of drug-likeness (QED) is 0.480. The standard InChI is InChI=1S/C5H3FN2O3/c6-11-4-1-2-5(7-3-4)8(9)10/h1-3H. The normalized spacial score (nSPS) is 9.18. The van der Waals surface area contributed by atoms with Crippen LogP contribution >= 0.6 is 0 Å². The van der Waals surface area contributed by atoms with Crippen molar-refractivity contribution in [3.05, 3.63) is 28.4 Å². The summed E-state index contributed by atoms with van der Waals surface area (Å²) in [6.45, 7) is 0. The number of nitro groups is 1. The molecule has 0 bridgehead atoms. The summed E-state index contributed by atoms with van der Waals surface area (Å²) in [6, 6.07) is 2.17. The predicted octanol–water partition coefficient (Wildman–Crippen LogP) is 1.25. The molecular formula is C5H3FN2O3. The van der Waals surface area contributed by atoms with Gasteiger partial charge in [0.15, 0.2) is 6.20 Å². The molecule has 0 radical (unpaired) electrons. The molecule has 58 valence electrons. The monoisotopic (exact) mass is 158 g/mol. The Kier molecular flexibility index (Phi) is 1.95. The predicted molar refractivity (Wildman–Crippen MR) is 32.6 cm³/mol. The van der Waals surface area contributed by atoms with E-state index < -0.39 is 4.92 Å². The van der Waals surface area contributed by atoms with Gasteiger partial charge in [0.2, 0.25) is 5.75 Å². The van der Waals surface area contributed by atoms with Crippen molar-refractivity contribution in [2.75, 3.05) is 0 Å². The number of pyridine rings is 1. The van der Waals surface area contributed by atoms with E-state index in [1.54, 1.807) is 0 Å². The summed E-state index contributed by atoms with van der Waals surface area (Å²) in [5, 5.41) is 10.0. The molecule has 0 fully saturated rings. The van der Waals surface area contributed by atoms with E-state index >= 15 is 0 Å². The Balaban J connectivity index is 2.91. The largest absolute Gasteiger partial charge is 0.363 e. The molecule has 0 aliphatic rings. The second-order valence-electron chi connectivity index (χ2n) is 1.69. The lowest BCUT2D eigenvalue weighted by atomic mass is 10.4. The van der Waals surface area contributed by atoms with Crippen molar-refractivity contribution < 1.29 is 14.4 Å². The van der Waals surface area contributed by atoms with Gasteiger partial charge in [-0.05, 0) is 16.0 Å². The van der Waals surface area contributed by atoms with Crippen molar-refractivity contribution in [2.45, 2.75) is 0 Å². The smallest absolute Gasteiger partial charge is 0.358 e. The molecule has 0 N–H and O–H groups in total. The molecule has 0 aliphatic carbocycles. The molecule has 0 aliphatic heterocycles. The zero-order valence-electron chi connectivity index (χ0n) is 5.23. The average molecular weight is 158 g/mol. The van der Waals surface area contributed by atoms with Crippen LogP contribution in [-0.4, -0.2) is 9.91 Å². The minimum Gasteiger partial charge on any atom is -0.358 e. The minimum atomic E-state index is -0.679. The maximum absolute atomic E-state index is 11.3. The Hall–Kier alpha value is -1.72. The van der Waals surface area contributed by atoms with Crippen LogP contribution in [0.5, 0.6) is 5.75 Å². The van der Waals surface area contributed by atoms with E-state index in [1.165, 1.54) is 0 Å². The van der Waals surface area contributed by atoms with Crippen LogP contribution in [-0.2, 0) is 0 Å². The Morgan fingerprint density at radius 1 is 1.64 bits per heavy atom. The topological polar surface area (TPSA) is 65.3 Å². The summed E-state index contributed by atoms with van der Waals surface area (Å²) >= 11 is 0. The van der Waals surface area contributed by atoms with E-state index in [9.17, 15) is 14.6 Å². The fraction of sp³-hybridized carbons (Fsp3) is 0. The fourth-order valence-corrected chi connectivity index (χ4v) is 0.526. The van der Waals surface area contributed by atoms with E-state index in [0.29, 0.717) is 0 Å². The van der Waals surface area contributed by atoms with Crippen molar-refractivity contribution in [1.82, 2.24) is 4.98 Å². The average Bonchev–Trinajstić information content (AvgIpc) is 2.05. The number of rotatable bonds is 2. The van der Waals surface area contributed by atoms with Crippen LogP contribution in [0.15, 0.2) is 18.3 Å². The Labute approximate surface area is 60.5 Å². The summed E-state index contributed by atoms with van der Waals surface area (Å²) in [4.78, 5) is 15.9. The van der Waals surface area contributed by atoms with Crippen LogP contribution in [0.25, 0.3) is 0 Å². The van der Waals surface area contributed by atoms with E-state index in [-0.39, 0.29) is 11.6 Å². The van der Waals surface area contributed by atoms with E-state index in [1.807, 2.05) is 0 Å². The maximum atomic E-state index is 11.3. The number of halogens is 1. The summed E-state index contributed by atoms with van der Waals surface area (Å²) < 4.78 is 11.3. The zero-order valence-corrected chi connectivity index (χ0v) is 5.23. The van der Waals surface area contributed by atoms with Crippen molar-refractivity contribution in [2.24, 2.45) is 0 Å². The highest BCUT2D eigenvalue weighted by Gasteiger charge is 2.06. The summed E-state index contributed by atoms with van der Waals surface area (Å²) in [7, 11) is 0. The summed E-state index contributed by atoms with van der Waals surface area (Å²) in [5.74, 6) is -0.499. The first-order chi connectivity index (χ1) is 5.24. The maximum Gasteiger partial charge on any atom is 0.363 e. The van der Waals surface area contributed by atoms with E-state index in [4.69, 9.17) is 0 Å². The van der Waals surface area contributed by atoms with Crippen LogP contribution in [0.3, 0.4) is 0 Å². The number of hydrogen-bond acceptors (Lipinski definition) is 4. The first-order valence-electron chi connectivity index (χ1n) is 2.63. The van der Waals surface area contributed by atoms with Gasteiger partial charge in [-0.1, -0.05) is 0 Å². The lowest BCUT2D eigenvalue weighted by Crippen LogP contribution is -1.90. The molecule has 1 aromatic heterocycles. The third-order valence-electron chi connectivity index (χ3n) is 0.997. The molecule has 0 saturated carbocycles. The zero-order chi connectivity index (χ0) is 8.27. The van der Waals surface area contributed by atoms with Crippen LogP contribution in [0, 0.1) is 10.1 Å². The first-order valence-corrected chi connectivity index (χ1v) is 2.63. The van der Waals surface area contributed by atoms with Crippen molar-refractivity contribution in [3.8, 4) is 5.75 Å². The van der Waals surface area contributed by atoms with E-state index in [0.717, 1.165) is 18.3 Å². The minimum absolute atomic E-state index is 0.157. The Morgan fingerprint density at radius 2 is 2.36 bits per heavy atom. The Bertz CT molecular complexity index is 261. The Morgan fingerprint density at radius 3 is 2.73 bits per heavy atom. The lowest BCUT2D eigenvalue weighted by molar-refractivity contribution is -0.389. The van der Waals surface area contributed by atoms with Crippen LogP contribution in [0.1, 0.15) is 0 Å².